The number of hydrogen-bond acceptors (Lipinski definition) is 6. The van der Waals surface area contributed by atoms with E-state index < -0.39 is 0 Å². The molecule has 8 nitrogen and oxygen atoms in total. The van der Waals surface area contributed by atoms with Gasteiger partial charge in [0, 0.05) is 30.7 Å². The van der Waals surface area contributed by atoms with Crippen LogP contribution in [0.1, 0.15) is 16.2 Å². The number of pyridine rings is 1. The average Bonchev–Trinajstić information content (AvgIpc) is 2.84. The van der Waals surface area contributed by atoms with Crippen LogP contribution < -0.4 is 16.6 Å². The van der Waals surface area contributed by atoms with E-state index in [1.165, 1.54) is 0 Å². The third kappa shape index (κ3) is 3.31. The van der Waals surface area contributed by atoms with Crippen LogP contribution in [0.3, 0.4) is 0 Å². The molecule has 2 aromatic rings. The van der Waals surface area contributed by atoms with Crippen LogP contribution >= 0.6 is 15.9 Å². The van der Waals surface area contributed by atoms with Crippen molar-refractivity contribution in [3.8, 4) is 0 Å². The van der Waals surface area contributed by atoms with Crippen LogP contribution in [0.25, 0.3) is 0 Å². The van der Waals surface area contributed by atoms with Gasteiger partial charge in [0.2, 0.25) is 0 Å². The fourth-order valence-corrected chi connectivity index (χ4v) is 1.98. The van der Waals surface area contributed by atoms with Crippen LogP contribution in [0.2, 0.25) is 0 Å². The molecule has 2 heterocycles. The van der Waals surface area contributed by atoms with Gasteiger partial charge in [0.15, 0.2) is 5.82 Å². The Morgan fingerprint density at radius 3 is 3.00 bits per heavy atom. The number of hydrogen-bond donors (Lipinski definition) is 3. The predicted octanol–water partition coefficient (Wildman–Crippen LogP) is 0.231. The highest BCUT2D eigenvalue weighted by Gasteiger charge is 2.12. The van der Waals surface area contributed by atoms with Crippen molar-refractivity contribution in [3.05, 3.63) is 34.5 Å². The summed E-state index contributed by atoms with van der Waals surface area (Å²) in [6, 6.07) is 1.65. The van der Waals surface area contributed by atoms with Crippen LogP contribution in [0, 0.1) is 0 Å². The van der Waals surface area contributed by atoms with Gasteiger partial charge in [-0.25, -0.2) is 10.8 Å². The number of nitrogens with zero attached hydrogens (tertiary/aromatic N) is 4. The molecule has 2 rings (SSSR count). The maximum absolute atomic E-state index is 12.1. The molecule has 0 aliphatic rings. The summed E-state index contributed by atoms with van der Waals surface area (Å²) in [5.41, 5.74) is 2.77. The first-order chi connectivity index (χ1) is 9.61. The molecule has 0 saturated carbocycles. The van der Waals surface area contributed by atoms with Gasteiger partial charge >= 0.3 is 0 Å². The Balaban J connectivity index is 1.98. The summed E-state index contributed by atoms with van der Waals surface area (Å²) in [6.07, 6.45) is 3.77. The number of aryl methyl sites for hydroxylation is 1. The van der Waals surface area contributed by atoms with E-state index in [1.54, 1.807) is 23.2 Å². The molecule has 0 fully saturated rings. The number of nitrogen functional groups attached to an aromatic ring is 1. The van der Waals surface area contributed by atoms with Crippen molar-refractivity contribution in [1.82, 2.24) is 25.1 Å². The second-order valence-corrected chi connectivity index (χ2v) is 4.97. The standard InChI is InChI=1S/C11H14BrN7O/c1-19-6-16-18-9(19)2-3-14-11(20)8-4-7(12)5-15-10(8)17-13/h4-6H,2-3,13H2,1H3,(H,14,20)(H,15,17). The Morgan fingerprint density at radius 2 is 2.35 bits per heavy atom. The topological polar surface area (TPSA) is 111 Å². The average molecular weight is 340 g/mol. The first-order valence-corrected chi connectivity index (χ1v) is 6.64. The summed E-state index contributed by atoms with van der Waals surface area (Å²) < 4.78 is 2.51. The molecule has 0 bridgehead atoms. The Hall–Kier alpha value is -2.00. The van der Waals surface area contributed by atoms with Gasteiger partial charge in [-0.15, -0.1) is 10.2 Å². The lowest BCUT2D eigenvalue weighted by molar-refractivity contribution is 0.0954. The molecular weight excluding hydrogens is 326 g/mol. The molecule has 1 amide bonds. The molecule has 0 spiro atoms. The van der Waals surface area contributed by atoms with Crippen molar-refractivity contribution in [2.75, 3.05) is 12.0 Å². The smallest absolute Gasteiger partial charge is 0.255 e. The van der Waals surface area contributed by atoms with Crippen LogP contribution in [0.5, 0.6) is 0 Å². The lowest BCUT2D eigenvalue weighted by Crippen LogP contribution is -2.28. The molecule has 0 aliphatic carbocycles. The first-order valence-electron chi connectivity index (χ1n) is 5.85. The Bertz CT molecular complexity index is 613. The zero-order valence-corrected chi connectivity index (χ0v) is 12.4. The van der Waals surface area contributed by atoms with E-state index >= 15 is 0 Å². The number of nitrogens with two attached hydrogens (primary N) is 1. The number of nitrogens with one attached hydrogen (secondary N) is 2. The second-order valence-electron chi connectivity index (χ2n) is 4.06. The molecular formula is C11H14BrN7O. The number of aromatic nitrogens is 4. The van der Waals surface area contributed by atoms with E-state index in [0.29, 0.717) is 28.8 Å². The van der Waals surface area contributed by atoms with Gasteiger partial charge in [0.25, 0.3) is 5.91 Å². The molecule has 0 saturated heterocycles. The summed E-state index contributed by atoms with van der Waals surface area (Å²) in [5, 5.41) is 10.5. The summed E-state index contributed by atoms with van der Waals surface area (Å²) in [4.78, 5) is 16.1. The summed E-state index contributed by atoms with van der Waals surface area (Å²) in [5.74, 6) is 6.20. The number of carbonyl (C=O) groups is 1. The van der Waals surface area contributed by atoms with Crippen molar-refractivity contribution in [1.29, 1.82) is 0 Å². The predicted molar refractivity (Wildman–Crippen MR) is 76.8 cm³/mol. The molecule has 0 radical (unpaired) electrons. The molecule has 0 atom stereocenters. The van der Waals surface area contributed by atoms with E-state index in [4.69, 9.17) is 5.84 Å². The second kappa shape index (κ2) is 6.44. The third-order valence-corrected chi connectivity index (χ3v) is 3.11. The Morgan fingerprint density at radius 1 is 1.55 bits per heavy atom. The fraction of sp³-hybridized carbons (Fsp3) is 0.273. The zero-order chi connectivity index (χ0) is 14.5. The maximum atomic E-state index is 12.1. The number of amides is 1. The summed E-state index contributed by atoms with van der Waals surface area (Å²) >= 11 is 3.27. The number of anilines is 1. The monoisotopic (exact) mass is 339 g/mol. The number of carbonyl (C=O) groups excluding carboxylic acids is 1. The van der Waals surface area contributed by atoms with Crippen molar-refractivity contribution in [3.63, 3.8) is 0 Å². The Labute approximate surface area is 123 Å². The van der Waals surface area contributed by atoms with Crippen LogP contribution in [0.15, 0.2) is 23.1 Å². The molecule has 9 heteroatoms. The van der Waals surface area contributed by atoms with Crippen molar-refractivity contribution < 1.29 is 4.79 Å². The largest absolute Gasteiger partial charge is 0.351 e. The minimum absolute atomic E-state index is 0.256. The van der Waals surface area contributed by atoms with Crippen LogP contribution in [-0.2, 0) is 13.5 Å². The Kier molecular flexibility index (Phi) is 4.64. The zero-order valence-electron chi connectivity index (χ0n) is 10.8. The third-order valence-electron chi connectivity index (χ3n) is 2.67. The highest BCUT2D eigenvalue weighted by atomic mass is 79.9. The number of hydrazine groups is 1. The normalized spacial score (nSPS) is 10.3. The van der Waals surface area contributed by atoms with Gasteiger partial charge in [0.05, 0.1) is 5.56 Å². The fourth-order valence-electron chi connectivity index (χ4n) is 1.64. The van der Waals surface area contributed by atoms with Crippen molar-refractivity contribution in [2.24, 2.45) is 12.9 Å². The van der Waals surface area contributed by atoms with Gasteiger partial charge < -0.3 is 15.3 Å². The molecule has 106 valence electrons. The minimum atomic E-state index is -0.256. The van der Waals surface area contributed by atoms with Gasteiger partial charge in [0.1, 0.15) is 12.2 Å². The van der Waals surface area contributed by atoms with Crippen LogP contribution in [0.4, 0.5) is 5.82 Å². The maximum Gasteiger partial charge on any atom is 0.255 e. The first kappa shape index (κ1) is 14.4. The van der Waals surface area contributed by atoms with E-state index in [-0.39, 0.29) is 5.91 Å². The molecule has 4 N–H and O–H groups in total. The van der Waals surface area contributed by atoms with Gasteiger partial charge in [-0.05, 0) is 22.0 Å². The number of halogens is 1. The van der Waals surface area contributed by atoms with Crippen molar-refractivity contribution in [2.45, 2.75) is 6.42 Å². The summed E-state index contributed by atoms with van der Waals surface area (Å²) in [7, 11) is 1.85. The lowest BCUT2D eigenvalue weighted by Gasteiger charge is -2.09. The highest BCUT2D eigenvalue weighted by Crippen LogP contribution is 2.17. The van der Waals surface area contributed by atoms with E-state index in [1.807, 2.05) is 7.05 Å². The van der Waals surface area contributed by atoms with E-state index in [0.717, 1.165) is 5.82 Å². The van der Waals surface area contributed by atoms with E-state index in [9.17, 15) is 4.79 Å². The molecule has 20 heavy (non-hydrogen) atoms. The minimum Gasteiger partial charge on any atom is -0.351 e. The lowest BCUT2D eigenvalue weighted by atomic mass is 10.2. The summed E-state index contributed by atoms with van der Waals surface area (Å²) in [6.45, 7) is 0.446. The highest BCUT2D eigenvalue weighted by molar-refractivity contribution is 9.10. The molecule has 2 aromatic heterocycles. The van der Waals surface area contributed by atoms with Crippen LogP contribution in [-0.4, -0.2) is 32.2 Å². The van der Waals surface area contributed by atoms with E-state index in [2.05, 4.69) is 41.9 Å². The quantitative estimate of drug-likeness (QED) is 0.531. The molecule has 0 unspecified atom stereocenters. The molecule has 0 aliphatic heterocycles. The SMILES string of the molecule is Cn1cnnc1CCNC(=O)c1cc(Br)cnc1NN. The van der Waals surface area contributed by atoms with Crippen molar-refractivity contribution >= 4 is 27.7 Å². The van der Waals surface area contributed by atoms with Gasteiger partial charge in [-0.2, -0.15) is 0 Å². The van der Waals surface area contributed by atoms with Gasteiger partial charge in [-0.1, -0.05) is 0 Å². The molecule has 0 aromatic carbocycles. The van der Waals surface area contributed by atoms with Gasteiger partial charge in [-0.3, -0.25) is 4.79 Å². The number of rotatable bonds is 5.